The second-order valence-electron chi connectivity index (χ2n) is 4.97. The number of aliphatic carboxylic acids is 1. The SMILES string of the molecule is O=C(O)C(Oc1ccc(-n2cccc2)cc1)c1ccc(Cl)cc1. The zero-order chi connectivity index (χ0) is 16.2. The highest BCUT2D eigenvalue weighted by Gasteiger charge is 2.21. The average Bonchev–Trinajstić information content (AvgIpc) is 3.08. The van der Waals surface area contributed by atoms with Gasteiger partial charge in [-0.15, -0.1) is 0 Å². The molecular formula is C18H14ClNO3. The molecule has 0 spiro atoms. The molecule has 1 heterocycles. The molecule has 1 aromatic heterocycles. The van der Waals surface area contributed by atoms with Gasteiger partial charge in [-0.3, -0.25) is 0 Å². The van der Waals surface area contributed by atoms with Crippen LogP contribution < -0.4 is 4.74 Å². The Balaban J connectivity index is 1.80. The zero-order valence-corrected chi connectivity index (χ0v) is 12.9. The predicted molar refractivity (Wildman–Crippen MR) is 88.2 cm³/mol. The van der Waals surface area contributed by atoms with Gasteiger partial charge in [0.15, 0.2) is 0 Å². The van der Waals surface area contributed by atoms with E-state index in [1.807, 2.05) is 41.2 Å². The number of ether oxygens (including phenoxy) is 1. The summed E-state index contributed by atoms with van der Waals surface area (Å²) in [6.45, 7) is 0. The molecule has 0 aliphatic rings. The van der Waals surface area contributed by atoms with Crippen LogP contribution in [0.25, 0.3) is 5.69 Å². The van der Waals surface area contributed by atoms with Crippen molar-refractivity contribution in [2.24, 2.45) is 0 Å². The third-order valence-electron chi connectivity index (χ3n) is 3.39. The first kappa shape index (κ1) is 15.2. The summed E-state index contributed by atoms with van der Waals surface area (Å²) in [5, 5.41) is 9.95. The second kappa shape index (κ2) is 6.58. The van der Waals surface area contributed by atoms with E-state index in [9.17, 15) is 9.90 Å². The Morgan fingerprint density at radius 2 is 1.61 bits per heavy atom. The lowest BCUT2D eigenvalue weighted by molar-refractivity contribution is -0.145. The highest BCUT2D eigenvalue weighted by Crippen LogP contribution is 2.24. The van der Waals surface area contributed by atoms with Gasteiger partial charge in [-0.05, 0) is 48.5 Å². The first-order valence-corrected chi connectivity index (χ1v) is 7.39. The number of nitrogens with zero attached hydrogens (tertiary/aromatic N) is 1. The van der Waals surface area contributed by atoms with Crippen LogP contribution in [0.4, 0.5) is 0 Å². The van der Waals surface area contributed by atoms with Gasteiger partial charge in [0, 0.05) is 28.7 Å². The molecule has 0 radical (unpaired) electrons. The third kappa shape index (κ3) is 3.55. The Bertz CT molecular complexity index is 780. The largest absolute Gasteiger partial charge is 0.478 e. The number of carboxylic acids is 1. The van der Waals surface area contributed by atoms with Crippen molar-refractivity contribution in [2.75, 3.05) is 0 Å². The van der Waals surface area contributed by atoms with Crippen molar-refractivity contribution in [3.63, 3.8) is 0 Å². The van der Waals surface area contributed by atoms with E-state index in [1.54, 1.807) is 36.4 Å². The first-order valence-electron chi connectivity index (χ1n) is 7.02. The lowest BCUT2D eigenvalue weighted by Crippen LogP contribution is -2.18. The minimum Gasteiger partial charge on any atom is -0.478 e. The quantitative estimate of drug-likeness (QED) is 0.758. The van der Waals surface area contributed by atoms with E-state index in [0.717, 1.165) is 5.69 Å². The summed E-state index contributed by atoms with van der Waals surface area (Å²) in [4.78, 5) is 11.5. The van der Waals surface area contributed by atoms with Crippen LogP contribution in [0.5, 0.6) is 5.75 Å². The van der Waals surface area contributed by atoms with Crippen molar-refractivity contribution in [2.45, 2.75) is 6.10 Å². The van der Waals surface area contributed by atoms with Crippen LogP contribution in [0, 0.1) is 0 Å². The molecule has 0 aliphatic carbocycles. The summed E-state index contributed by atoms with van der Waals surface area (Å²) in [6, 6.07) is 17.7. The van der Waals surface area contributed by atoms with Crippen LogP contribution in [-0.2, 0) is 4.79 Å². The molecule has 5 heteroatoms. The fourth-order valence-corrected chi connectivity index (χ4v) is 2.36. The zero-order valence-electron chi connectivity index (χ0n) is 12.1. The molecule has 4 nitrogen and oxygen atoms in total. The van der Waals surface area contributed by atoms with Crippen LogP contribution in [0.15, 0.2) is 73.1 Å². The van der Waals surface area contributed by atoms with Crippen molar-refractivity contribution in [1.29, 1.82) is 0 Å². The second-order valence-corrected chi connectivity index (χ2v) is 5.41. The smallest absolute Gasteiger partial charge is 0.349 e. The van der Waals surface area contributed by atoms with Gasteiger partial charge in [0.1, 0.15) is 5.75 Å². The monoisotopic (exact) mass is 327 g/mol. The van der Waals surface area contributed by atoms with Gasteiger partial charge < -0.3 is 14.4 Å². The number of aromatic nitrogens is 1. The molecule has 3 rings (SSSR count). The molecule has 0 amide bonds. The third-order valence-corrected chi connectivity index (χ3v) is 3.64. The molecular weight excluding hydrogens is 314 g/mol. The van der Waals surface area contributed by atoms with Crippen LogP contribution >= 0.6 is 11.6 Å². The van der Waals surface area contributed by atoms with Crippen LogP contribution in [0.1, 0.15) is 11.7 Å². The van der Waals surface area contributed by atoms with Gasteiger partial charge in [0.05, 0.1) is 0 Å². The lowest BCUT2D eigenvalue weighted by atomic mass is 10.1. The van der Waals surface area contributed by atoms with Crippen molar-refractivity contribution < 1.29 is 14.6 Å². The molecule has 2 aromatic carbocycles. The molecule has 0 saturated carbocycles. The predicted octanol–water partition coefficient (Wildman–Crippen LogP) is 4.34. The molecule has 3 aromatic rings. The van der Waals surface area contributed by atoms with E-state index in [1.165, 1.54) is 0 Å². The van der Waals surface area contributed by atoms with Gasteiger partial charge in [0.2, 0.25) is 6.10 Å². The topological polar surface area (TPSA) is 51.5 Å². The molecule has 0 saturated heterocycles. The minimum absolute atomic E-state index is 0.489. The number of benzene rings is 2. The number of carbonyl (C=O) groups is 1. The van der Waals surface area contributed by atoms with Crippen LogP contribution in [-0.4, -0.2) is 15.6 Å². The highest BCUT2D eigenvalue weighted by molar-refractivity contribution is 6.30. The van der Waals surface area contributed by atoms with Crippen LogP contribution in [0.2, 0.25) is 5.02 Å². The van der Waals surface area contributed by atoms with Gasteiger partial charge in [-0.1, -0.05) is 23.7 Å². The number of hydrogen-bond donors (Lipinski definition) is 1. The molecule has 0 bridgehead atoms. The molecule has 0 fully saturated rings. The number of rotatable bonds is 5. The molecule has 1 atom stereocenters. The summed E-state index contributed by atoms with van der Waals surface area (Å²) in [6.07, 6.45) is 2.79. The molecule has 1 unspecified atom stereocenters. The van der Waals surface area contributed by atoms with Crippen molar-refractivity contribution in [3.8, 4) is 11.4 Å². The highest BCUT2D eigenvalue weighted by atomic mass is 35.5. The van der Waals surface area contributed by atoms with Crippen molar-refractivity contribution >= 4 is 17.6 Å². The van der Waals surface area contributed by atoms with E-state index in [2.05, 4.69) is 0 Å². The summed E-state index contributed by atoms with van der Waals surface area (Å²) >= 11 is 5.83. The summed E-state index contributed by atoms with van der Waals surface area (Å²) in [5.41, 5.74) is 1.51. The van der Waals surface area contributed by atoms with Gasteiger partial charge >= 0.3 is 5.97 Å². The summed E-state index contributed by atoms with van der Waals surface area (Å²) in [7, 11) is 0. The number of carboxylic acid groups (broad SMARTS) is 1. The summed E-state index contributed by atoms with van der Waals surface area (Å²) in [5.74, 6) is -0.565. The standard InChI is InChI=1S/C18H14ClNO3/c19-14-5-3-13(4-6-14)17(18(21)22)23-16-9-7-15(8-10-16)20-11-1-2-12-20/h1-12,17H,(H,21,22). The Labute approximate surface area is 138 Å². The van der Waals surface area contributed by atoms with Crippen LogP contribution in [0.3, 0.4) is 0 Å². The van der Waals surface area contributed by atoms with Crippen molar-refractivity contribution in [3.05, 3.63) is 83.6 Å². The first-order chi connectivity index (χ1) is 11.1. The maximum atomic E-state index is 11.5. The maximum Gasteiger partial charge on any atom is 0.349 e. The fraction of sp³-hybridized carbons (Fsp3) is 0.0556. The van der Waals surface area contributed by atoms with E-state index in [4.69, 9.17) is 16.3 Å². The van der Waals surface area contributed by atoms with Gasteiger partial charge in [-0.25, -0.2) is 4.79 Å². The van der Waals surface area contributed by atoms with E-state index in [-0.39, 0.29) is 0 Å². The normalized spacial score (nSPS) is 11.9. The van der Waals surface area contributed by atoms with E-state index in [0.29, 0.717) is 16.3 Å². The lowest BCUT2D eigenvalue weighted by Gasteiger charge is -2.16. The minimum atomic E-state index is -1.08. The Morgan fingerprint density at radius 3 is 2.17 bits per heavy atom. The summed E-state index contributed by atoms with van der Waals surface area (Å²) < 4.78 is 7.58. The fourth-order valence-electron chi connectivity index (χ4n) is 2.24. The van der Waals surface area contributed by atoms with Gasteiger partial charge in [-0.2, -0.15) is 0 Å². The van der Waals surface area contributed by atoms with E-state index < -0.39 is 12.1 Å². The average molecular weight is 328 g/mol. The van der Waals surface area contributed by atoms with Gasteiger partial charge in [0.25, 0.3) is 0 Å². The molecule has 23 heavy (non-hydrogen) atoms. The number of halogens is 1. The molecule has 1 N–H and O–H groups in total. The Kier molecular flexibility index (Phi) is 4.35. The maximum absolute atomic E-state index is 11.5. The molecule has 116 valence electrons. The Morgan fingerprint density at radius 1 is 1.00 bits per heavy atom. The molecule has 0 aliphatic heterocycles. The Hall–Kier alpha value is -2.72. The number of hydrogen-bond acceptors (Lipinski definition) is 2. The van der Waals surface area contributed by atoms with Crippen molar-refractivity contribution in [1.82, 2.24) is 4.57 Å². The van der Waals surface area contributed by atoms with E-state index >= 15 is 0 Å².